The van der Waals surface area contributed by atoms with E-state index in [1.165, 1.54) is 5.56 Å². The van der Waals surface area contributed by atoms with Crippen molar-refractivity contribution in [3.63, 3.8) is 0 Å². The van der Waals surface area contributed by atoms with Crippen LogP contribution in [0.2, 0.25) is 0 Å². The Hall–Kier alpha value is -3.61. The van der Waals surface area contributed by atoms with Crippen LogP contribution in [-0.4, -0.2) is 51.3 Å². The molecule has 0 aliphatic carbocycles. The summed E-state index contributed by atoms with van der Waals surface area (Å²) < 4.78 is 0. The molecule has 2 aliphatic heterocycles. The summed E-state index contributed by atoms with van der Waals surface area (Å²) in [4.78, 5) is 43.0. The SMILES string of the molecule is Cc1nc([C@@H]2CCN(C(=O)c3ccccn3)C2)nc2c1CC(=O)N2CCCc1ccccc1. The summed E-state index contributed by atoms with van der Waals surface area (Å²) in [6, 6.07) is 15.7. The lowest BCUT2D eigenvalue weighted by Gasteiger charge is -2.19. The van der Waals surface area contributed by atoms with Crippen molar-refractivity contribution in [2.24, 2.45) is 0 Å². The first-order valence-electron chi connectivity index (χ1n) is 11.5. The fourth-order valence-corrected chi connectivity index (χ4v) is 4.70. The van der Waals surface area contributed by atoms with Crippen LogP contribution >= 0.6 is 0 Å². The van der Waals surface area contributed by atoms with Gasteiger partial charge in [-0.15, -0.1) is 0 Å². The Morgan fingerprint density at radius 2 is 1.91 bits per heavy atom. The largest absolute Gasteiger partial charge is 0.337 e. The van der Waals surface area contributed by atoms with Gasteiger partial charge in [-0.25, -0.2) is 9.97 Å². The minimum absolute atomic E-state index is 0.0588. The van der Waals surface area contributed by atoms with Crippen molar-refractivity contribution in [1.82, 2.24) is 19.9 Å². The first-order valence-corrected chi connectivity index (χ1v) is 11.5. The number of pyridine rings is 1. The van der Waals surface area contributed by atoms with Crippen molar-refractivity contribution in [2.75, 3.05) is 24.5 Å². The standard InChI is InChI=1S/C26H27N5O2/c1-18-21-16-23(32)31(14-7-10-19-8-3-2-4-9-19)25(21)29-24(28-18)20-12-15-30(17-20)26(33)22-11-5-6-13-27-22/h2-6,8-9,11,13,20H,7,10,12,14-17H2,1H3/t20-/m1/s1. The van der Waals surface area contributed by atoms with E-state index in [4.69, 9.17) is 9.97 Å². The van der Waals surface area contributed by atoms with Gasteiger partial charge >= 0.3 is 0 Å². The third-order valence-corrected chi connectivity index (χ3v) is 6.51. The molecule has 2 aromatic heterocycles. The van der Waals surface area contributed by atoms with Gasteiger partial charge in [0.2, 0.25) is 5.91 Å². The Bertz CT molecular complexity index is 1170. The van der Waals surface area contributed by atoms with Crippen molar-refractivity contribution in [3.8, 4) is 0 Å². The quantitative estimate of drug-likeness (QED) is 0.586. The van der Waals surface area contributed by atoms with E-state index in [1.807, 2.05) is 41.0 Å². The summed E-state index contributed by atoms with van der Waals surface area (Å²) in [6.07, 6.45) is 4.60. The average molecular weight is 442 g/mol. The van der Waals surface area contributed by atoms with Crippen molar-refractivity contribution in [3.05, 3.63) is 83.1 Å². The second-order valence-corrected chi connectivity index (χ2v) is 8.73. The van der Waals surface area contributed by atoms with E-state index in [0.717, 1.165) is 42.2 Å². The molecule has 4 heterocycles. The van der Waals surface area contributed by atoms with E-state index in [0.29, 0.717) is 31.7 Å². The zero-order valence-corrected chi connectivity index (χ0v) is 18.8. The highest BCUT2D eigenvalue weighted by Crippen LogP contribution is 2.33. The smallest absolute Gasteiger partial charge is 0.272 e. The monoisotopic (exact) mass is 441 g/mol. The number of hydrogen-bond acceptors (Lipinski definition) is 5. The predicted molar refractivity (Wildman–Crippen MR) is 125 cm³/mol. The highest BCUT2D eigenvalue weighted by Gasteiger charge is 2.35. The number of rotatable bonds is 6. The highest BCUT2D eigenvalue weighted by atomic mass is 16.2. The second-order valence-electron chi connectivity index (χ2n) is 8.73. The van der Waals surface area contributed by atoms with Crippen LogP contribution in [0.5, 0.6) is 0 Å². The molecule has 1 saturated heterocycles. The van der Waals surface area contributed by atoms with Gasteiger partial charge in [0, 0.05) is 43.0 Å². The number of amides is 2. The summed E-state index contributed by atoms with van der Waals surface area (Å²) in [5, 5.41) is 0. The minimum atomic E-state index is -0.0614. The van der Waals surface area contributed by atoms with Gasteiger partial charge in [0.15, 0.2) is 0 Å². The van der Waals surface area contributed by atoms with Crippen molar-refractivity contribution < 1.29 is 9.59 Å². The number of hydrogen-bond donors (Lipinski definition) is 0. The fraction of sp³-hybridized carbons (Fsp3) is 0.346. The maximum Gasteiger partial charge on any atom is 0.272 e. The van der Waals surface area contributed by atoms with Gasteiger partial charge in [-0.05, 0) is 43.9 Å². The van der Waals surface area contributed by atoms with Crippen molar-refractivity contribution in [2.45, 2.75) is 38.5 Å². The Labute approximate surface area is 193 Å². The Balaban J connectivity index is 1.30. The number of likely N-dealkylation sites (tertiary alicyclic amines) is 1. The molecule has 33 heavy (non-hydrogen) atoms. The summed E-state index contributed by atoms with van der Waals surface area (Å²) in [7, 11) is 0. The van der Waals surface area contributed by atoms with E-state index >= 15 is 0 Å². The van der Waals surface area contributed by atoms with Crippen molar-refractivity contribution >= 4 is 17.6 Å². The number of carbonyl (C=O) groups is 2. The van der Waals surface area contributed by atoms with E-state index in [1.54, 1.807) is 18.3 Å². The Morgan fingerprint density at radius 1 is 1.09 bits per heavy atom. The van der Waals surface area contributed by atoms with Crippen LogP contribution < -0.4 is 4.90 Å². The highest BCUT2D eigenvalue weighted by molar-refractivity contribution is 6.00. The first kappa shape index (κ1) is 21.2. The van der Waals surface area contributed by atoms with Crippen LogP contribution in [-0.2, 0) is 17.6 Å². The minimum Gasteiger partial charge on any atom is -0.337 e. The zero-order valence-electron chi connectivity index (χ0n) is 18.8. The maximum atomic E-state index is 12.8. The Morgan fingerprint density at radius 3 is 2.70 bits per heavy atom. The fourth-order valence-electron chi connectivity index (χ4n) is 4.70. The topological polar surface area (TPSA) is 79.3 Å². The molecule has 0 unspecified atom stereocenters. The molecule has 1 fully saturated rings. The van der Waals surface area contributed by atoms with Gasteiger partial charge in [-0.3, -0.25) is 19.5 Å². The molecule has 1 atom stereocenters. The number of aromatic nitrogens is 3. The van der Waals surface area contributed by atoms with E-state index < -0.39 is 0 Å². The molecule has 1 aromatic carbocycles. The van der Waals surface area contributed by atoms with Gasteiger partial charge in [-0.1, -0.05) is 36.4 Å². The number of carbonyl (C=O) groups excluding carboxylic acids is 2. The van der Waals surface area contributed by atoms with E-state index in [-0.39, 0.29) is 17.7 Å². The number of benzene rings is 1. The molecule has 0 spiro atoms. The van der Waals surface area contributed by atoms with E-state index in [9.17, 15) is 9.59 Å². The number of nitrogens with zero attached hydrogens (tertiary/aromatic N) is 5. The zero-order chi connectivity index (χ0) is 22.8. The second kappa shape index (κ2) is 9.10. The molecule has 2 aliphatic rings. The molecular weight excluding hydrogens is 414 g/mol. The van der Waals surface area contributed by atoms with E-state index in [2.05, 4.69) is 17.1 Å². The number of aryl methyl sites for hydroxylation is 2. The number of fused-ring (bicyclic) bond motifs is 1. The van der Waals surface area contributed by atoms with Crippen LogP contribution in [0.4, 0.5) is 5.82 Å². The summed E-state index contributed by atoms with van der Waals surface area (Å²) >= 11 is 0. The van der Waals surface area contributed by atoms with Crippen molar-refractivity contribution in [1.29, 1.82) is 0 Å². The van der Waals surface area contributed by atoms with Crippen LogP contribution in [0.15, 0.2) is 54.7 Å². The van der Waals surface area contributed by atoms with Gasteiger partial charge in [0.25, 0.3) is 5.91 Å². The third kappa shape index (κ3) is 4.35. The molecule has 0 radical (unpaired) electrons. The molecule has 7 nitrogen and oxygen atoms in total. The molecule has 0 bridgehead atoms. The third-order valence-electron chi connectivity index (χ3n) is 6.51. The first-order chi connectivity index (χ1) is 16.1. The molecule has 3 aromatic rings. The normalized spacial score (nSPS) is 17.5. The van der Waals surface area contributed by atoms with Crippen LogP contribution in [0, 0.1) is 6.92 Å². The predicted octanol–water partition coefficient (Wildman–Crippen LogP) is 3.33. The lowest BCUT2D eigenvalue weighted by atomic mass is 10.1. The lowest BCUT2D eigenvalue weighted by Crippen LogP contribution is -2.30. The molecular formula is C26H27N5O2. The lowest BCUT2D eigenvalue weighted by molar-refractivity contribution is -0.117. The molecule has 168 valence electrons. The molecule has 0 N–H and O–H groups in total. The summed E-state index contributed by atoms with van der Waals surface area (Å²) in [6.45, 7) is 3.82. The summed E-state index contributed by atoms with van der Waals surface area (Å²) in [5.41, 5.74) is 3.53. The van der Waals surface area contributed by atoms with Gasteiger partial charge in [0.05, 0.1) is 6.42 Å². The van der Waals surface area contributed by atoms with Crippen LogP contribution in [0.1, 0.15) is 51.9 Å². The molecule has 7 heteroatoms. The average Bonchev–Trinajstić information content (AvgIpc) is 3.46. The Kier molecular flexibility index (Phi) is 5.86. The van der Waals surface area contributed by atoms with Gasteiger partial charge < -0.3 is 4.90 Å². The maximum absolute atomic E-state index is 12.8. The molecule has 0 saturated carbocycles. The van der Waals surface area contributed by atoms with Gasteiger partial charge in [-0.2, -0.15) is 0 Å². The summed E-state index contributed by atoms with van der Waals surface area (Å²) in [5.74, 6) is 1.57. The van der Waals surface area contributed by atoms with Crippen LogP contribution in [0.25, 0.3) is 0 Å². The van der Waals surface area contributed by atoms with Crippen LogP contribution in [0.3, 0.4) is 0 Å². The molecule has 2 amide bonds. The van der Waals surface area contributed by atoms with Gasteiger partial charge in [0.1, 0.15) is 17.3 Å². The molecule has 5 rings (SSSR count). The number of anilines is 1.